The van der Waals surface area contributed by atoms with Crippen molar-refractivity contribution in [2.45, 2.75) is 11.7 Å². The molecule has 0 spiro atoms. The lowest BCUT2D eigenvalue weighted by molar-refractivity contribution is -0.133. The first-order valence-corrected chi connectivity index (χ1v) is 7.13. The van der Waals surface area contributed by atoms with Crippen molar-refractivity contribution in [3.05, 3.63) is 18.2 Å². The fourth-order valence-corrected chi connectivity index (χ4v) is 2.56. The minimum Gasteiger partial charge on any atom is -0.497 e. The van der Waals surface area contributed by atoms with Gasteiger partial charge in [0.1, 0.15) is 12.3 Å². The van der Waals surface area contributed by atoms with Gasteiger partial charge in [-0.25, -0.2) is 4.98 Å². The number of ether oxygens (including phenoxy) is 1. The molecule has 7 nitrogen and oxygen atoms in total. The molecule has 0 atom stereocenters. The molecule has 0 aliphatic heterocycles. The predicted octanol–water partition coefficient (Wildman–Crippen LogP) is 0.968. The molecule has 0 fully saturated rings. The number of thioether (sulfide) groups is 1. The van der Waals surface area contributed by atoms with Crippen LogP contribution in [0.15, 0.2) is 23.4 Å². The Hall–Kier alpha value is -2.22. The Balaban J connectivity index is 2.45. The van der Waals surface area contributed by atoms with Gasteiger partial charge in [-0.1, -0.05) is 11.8 Å². The van der Waals surface area contributed by atoms with Crippen molar-refractivity contribution in [1.82, 2.24) is 14.9 Å². The zero-order valence-corrected chi connectivity index (χ0v) is 12.4. The van der Waals surface area contributed by atoms with Crippen LogP contribution in [0, 0.1) is 0 Å². The van der Waals surface area contributed by atoms with E-state index in [1.54, 1.807) is 36.9 Å². The summed E-state index contributed by atoms with van der Waals surface area (Å²) in [5.41, 5.74) is 1.42. The average molecular weight is 309 g/mol. The molecule has 2 rings (SSSR count). The highest BCUT2D eigenvalue weighted by Crippen LogP contribution is 2.26. The number of carboxylic acid groups (broad SMARTS) is 1. The Labute approximate surface area is 125 Å². The van der Waals surface area contributed by atoms with Gasteiger partial charge >= 0.3 is 5.97 Å². The first kappa shape index (κ1) is 15.2. The topological polar surface area (TPSA) is 93.5 Å². The van der Waals surface area contributed by atoms with Gasteiger partial charge in [-0.2, -0.15) is 0 Å². The third kappa shape index (κ3) is 3.46. The number of hydrogen-bond acceptors (Lipinski definition) is 5. The summed E-state index contributed by atoms with van der Waals surface area (Å²) in [6.45, 7) is 0.0846. The minimum absolute atomic E-state index is 0.0846. The maximum atomic E-state index is 11.6. The molecule has 112 valence electrons. The summed E-state index contributed by atoms with van der Waals surface area (Å²) in [5, 5.41) is 11.8. The van der Waals surface area contributed by atoms with E-state index < -0.39 is 5.97 Å². The number of nitrogens with one attached hydrogen (secondary N) is 1. The normalized spacial score (nSPS) is 10.6. The van der Waals surface area contributed by atoms with Crippen molar-refractivity contribution < 1.29 is 19.4 Å². The van der Waals surface area contributed by atoms with Gasteiger partial charge in [-0.15, -0.1) is 0 Å². The number of carboxylic acids is 1. The Morgan fingerprint density at radius 1 is 1.48 bits per heavy atom. The molecular formula is C13H15N3O4S. The highest BCUT2D eigenvalue weighted by Gasteiger charge is 2.15. The monoisotopic (exact) mass is 309 g/mol. The molecule has 21 heavy (non-hydrogen) atoms. The van der Waals surface area contributed by atoms with E-state index in [1.807, 2.05) is 0 Å². The molecule has 1 heterocycles. The Morgan fingerprint density at radius 2 is 2.24 bits per heavy atom. The summed E-state index contributed by atoms with van der Waals surface area (Å²) >= 11 is 1.08. The second kappa shape index (κ2) is 6.49. The van der Waals surface area contributed by atoms with Crippen molar-refractivity contribution >= 4 is 34.7 Å². The van der Waals surface area contributed by atoms with Crippen molar-refractivity contribution in [1.29, 1.82) is 0 Å². The van der Waals surface area contributed by atoms with Crippen molar-refractivity contribution in [3.63, 3.8) is 0 Å². The number of methoxy groups -OCH3 is 1. The average Bonchev–Trinajstić information content (AvgIpc) is 2.81. The number of aromatic nitrogens is 2. The van der Waals surface area contributed by atoms with Crippen molar-refractivity contribution in [2.75, 3.05) is 19.9 Å². The molecular weight excluding hydrogens is 294 g/mol. The molecule has 2 aromatic rings. The smallest absolute Gasteiger partial charge is 0.313 e. The molecule has 0 bridgehead atoms. The van der Waals surface area contributed by atoms with E-state index in [-0.39, 0.29) is 18.2 Å². The van der Waals surface area contributed by atoms with Gasteiger partial charge < -0.3 is 19.7 Å². The number of fused-ring (bicyclic) bond motifs is 1. The molecule has 1 aromatic heterocycles. The Bertz CT molecular complexity index is 683. The van der Waals surface area contributed by atoms with E-state index in [1.165, 1.54) is 0 Å². The molecule has 0 unspecified atom stereocenters. The van der Waals surface area contributed by atoms with Crippen LogP contribution in [-0.2, 0) is 16.1 Å². The van der Waals surface area contributed by atoms with Gasteiger partial charge in [0.25, 0.3) is 0 Å². The van der Waals surface area contributed by atoms with Crippen LogP contribution in [0.5, 0.6) is 5.75 Å². The Kier molecular flexibility index (Phi) is 4.69. The van der Waals surface area contributed by atoms with Gasteiger partial charge in [0.15, 0.2) is 5.16 Å². The summed E-state index contributed by atoms with van der Waals surface area (Å²) in [6.07, 6.45) is 0. The maximum absolute atomic E-state index is 11.6. The van der Waals surface area contributed by atoms with Gasteiger partial charge in [0.05, 0.1) is 23.9 Å². The van der Waals surface area contributed by atoms with Crippen LogP contribution in [0.2, 0.25) is 0 Å². The largest absolute Gasteiger partial charge is 0.497 e. The van der Waals surface area contributed by atoms with Crippen LogP contribution in [0.3, 0.4) is 0 Å². The second-order valence-electron chi connectivity index (χ2n) is 4.19. The number of hydrogen-bond donors (Lipinski definition) is 2. The lowest BCUT2D eigenvalue weighted by Gasteiger charge is -2.07. The van der Waals surface area contributed by atoms with Crippen LogP contribution in [0.1, 0.15) is 0 Å². The third-order valence-electron chi connectivity index (χ3n) is 2.83. The number of nitrogens with zero attached hydrogens (tertiary/aromatic N) is 2. The van der Waals surface area contributed by atoms with Crippen LogP contribution in [0.25, 0.3) is 11.0 Å². The minimum atomic E-state index is -0.934. The van der Waals surface area contributed by atoms with Crippen LogP contribution < -0.4 is 10.1 Å². The summed E-state index contributed by atoms with van der Waals surface area (Å²) in [6, 6.07) is 5.32. The van der Waals surface area contributed by atoms with Crippen LogP contribution >= 0.6 is 11.8 Å². The van der Waals surface area contributed by atoms with E-state index in [0.29, 0.717) is 16.4 Å². The molecule has 0 saturated carbocycles. The zero-order chi connectivity index (χ0) is 15.4. The zero-order valence-electron chi connectivity index (χ0n) is 11.6. The van der Waals surface area contributed by atoms with E-state index >= 15 is 0 Å². The number of imidazole rings is 1. The van der Waals surface area contributed by atoms with E-state index in [9.17, 15) is 9.59 Å². The first-order chi connectivity index (χ1) is 10.0. The van der Waals surface area contributed by atoms with Gasteiger partial charge in [0, 0.05) is 13.1 Å². The molecule has 8 heteroatoms. The number of benzene rings is 1. The quantitative estimate of drug-likeness (QED) is 0.772. The molecule has 1 amide bonds. The number of carbonyl (C=O) groups excluding carboxylic acids is 1. The molecule has 0 radical (unpaired) electrons. The third-order valence-corrected chi connectivity index (χ3v) is 3.79. The van der Waals surface area contributed by atoms with Gasteiger partial charge in [0.2, 0.25) is 5.91 Å². The molecule has 1 aromatic carbocycles. The number of carbonyl (C=O) groups is 2. The Morgan fingerprint density at radius 3 is 2.86 bits per heavy atom. The van der Waals surface area contributed by atoms with Crippen LogP contribution in [-0.4, -0.2) is 46.4 Å². The maximum Gasteiger partial charge on any atom is 0.313 e. The van der Waals surface area contributed by atoms with E-state index in [2.05, 4.69) is 10.3 Å². The van der Waals surface area contributed by atoms with Gasteiger partial charge in [-0.3, -0.25) is 9.59 Å². The summed E-state index contributed by atoms with van der Waals surface area (Å²) in [4.78, 5) is 26.7. The van der Waals surface area contributed by atoms with Gasteiger partial charge in [-0.05, 0) is 12.1 Å². The number of rotatable bonds is 6. The fraction of sp³-hybridized carbons (Fsp3) is 0.308. The molecule has 2 N–H and O–H groups in total. The van der Waals surface area contributed by atoms with E-state index in [0.717, 1.165) is 17.3 Å². The number of aliphatic carboxylic acids is 1. The standard InChI is InChI=1S/C13H15N3O4S/c1-14-11(17)6-16-10-4-3-8(20-2)5-9(10)15-13(16)21-7-12(18)19/h3-5H,6-7H2,1-2H3,(H,14,17)(H,18,19). The van der Waals surface area contributed by atoms with Crippen LogP contribution in [0.4, 0.5) is 0 Å². The lowest BCUT2D eigenvalue weighted by Crippen LogP contribution is -2.23. The summed E-state index contributed by atoms with van der Waals surface area (Å²) in [7, 11) is 3.11. The lowest BCUT2D eigenvalue weighted by atomic mass is 10.3. The van der Waals surface area contributed by atoms with E-state index in [4.69, 9.17) is 9.84 Å². The van der Waals surface area contributed by atoms with Crippen molar-refractivity contribution in [3.8, 4) is 5.75 Å². The second-order valence-corrected chi connectivity index (χ2v) is 5.13. The SMILES string of the molecule is CNC(=O)Cn1c(SCC(=O)O)nc2cc(OC)ccc21. The van der Waals surface area contributed by atoms with Crippen molar-refractivity contribution in [2.24, 2.45) is 0 Å². The molecule has 0 aliphatic rings. The summed E-state index contributed by atoms with van der Waals surface area (Å²) < 4.78 is 6.84. The highest BCUT2D eigenvalue weighted by atomic mass is 32.2. The first-order valence-electron chi connectivity index (χ1n) is 6.14. The highest BCUT2D eigenvalue weighted by molar-refractivity contribution is 7.99. The number of amides is 1. The molecule has 0 saturated heterocycles. The molecule has 0 aliphatic carbocycles. The number of likely N-dealkylation sites (N-methyl/N-ethyl adjacent to an activating group) is 1. The fourth-order valence-electron chi connectivity index (χ4n) is 1.83. The predicted molar refractivity (Wildman–Crippen MR) is 78.7 cm³/mol. The summed E-state index contributed by atoms with van der Waals surface area (Å²) in [5.74, 6) is -0.575.